The minimum atomic E-state index is -4.19. The zero-order valence-electron chi connectivity index (χ0n) is 20.7. The lowest BCUT2D eigenvalue weighted by Gasteiger charge is -2.26. The number of hydrogen-bond acceptors (Lipinski definition) is 11. The number of alkyl halides is 2. The van der Waals surface area contributed by atoms with E-state index in [1.165, 1.54) is 40.4 Å². The average molecular weight is 599 g/mol. The number of rotatable bonds is 2. The molecule has 2 aliphatic rings. The molecule has 4 N–H and O–H groups in total. The van der Waals surface area contributed by atoms with Crippen LogP contribution in [0.5, 0.6) is 0 Å². The third-order valence-electron chi connectivity index (χ3n) is 6.99. The molecule has 4 aromatic rings. The van der Waals surface area contributed by atoms with Gasteiger partial charge in [-0.25, -0.2) is 28.7 Å². The maximum Gasteiger partial charge on any atom is 0.327 e. The number of H-pyrrole nitrogens is 1. The fraction of sp³-hybridized carbons (Fsp3) is 0.500. The van der Waals surface area contributed by atoms with Gasteiger partial charge in [0.05, 0.1) is 30.9 Å². The summed E-state index contributed by atoms with van der Waals surface area (Å²) in [5.41, 5.74) is 6.39. The molecule has 7 atom stereocenters. The summed E-state index contributed by atoms with van der Waals surface area (Å²) in [6.45, 7) is -4.48. The Morgan fingerprint density at radius 2 is 1.93 bits per heavy atom. The molecule has 0 amide bonds. The van der Waals surface area contributed by atoms with E-state index in [-0.39, 0.29) is 24.5 Å². The van der Waals surface area contributed by atoms with Crippen LogP contribution in [0.2, 0.25) is 0 Å². The third-order valence-corrected chi connectivity index (χ3v) is 8.51. The van der Waals surface area contributed by atoms with Crippen molar-refractivity contribution in [2.75, 3.05) is 18.9 Å². The molecule has 18 heteroatoms. The molecule has 214 valence electrons. The van der Waals surface area contributed by atoms with Gasteiger partial charge < -0.3 is 29.6 Å². The van der Waals surface area contributed by atoms with E-state index >= 15 is 8.78 Å². The van der Waals surface area contributed by atoms with Gasteiger partial charge in [0, 0.05) is 18.7 Å². The van der Waals surface area contributed by atoms with E-state index in [0.717, 1.165) is 0 Å². The van der Waals surface area contributed by atoms with Crippen LogP contribution in [-0.4, -0.2) is 70.8 Å². The minimum Gasteiger partial charge on any atom is -0.382 e. The standard InChI is InChI=1S/C22H25F2N8O6PS/c23-14-11-3-1-2-6-35-22(31-9-29-15-12(31)4-5-26-20(15)33)17(24)38-39(34,40)36-7-13(11)37-21(14)32-10-30-16-18(25)27-8-28-19(16)32/h4-5,8-11,13-14,17,21-22H,1-3,6-7H2,(H,26,33)(H,34,40)(H2,25,27,28)/t11-,13-,14+,17+,21-,22-,39?/m1/s1. The highest BCUT2D eigenvalue weighted by molar-refractivity contribution is 8.07. The van der Waals surface area contributed by atoms with Crippen LogP contribution in [0.15, 0.2) is 36.0 Å². The fourth-order valence-electron chi connectivity index (χ4n) is 5.08. The maximum absolute atomic E-state index is 15.9. The summed E-state index contributed by atoms with van der Waals surface area (Å²) in [4.78, 5) is 41.5. The largest absolute Gasteiger partial charge is 0.382 e. The van der Waals surface area contributed by atoms with Gasteiger partial charge in [-0.15, -0.1) is 0 Å². The van der Waals surface area contributed by atoms with Crippen molar-refractivity contribution >= 4 is 46.5 Å². The first-order valence-corrected chi connectivity index (χ1v) is 15.0. The molecule has 4 aromatic heterocycles. The lowest BCUT2D eigenvalue weighted by atomic mass is 9.93. The second-order valence-corrected chi connectivity index (χ2v) is 12.2. The molecule has 0 saturated carbocycles. The van der Waals surface area contributed by atoms with Gasteiger partial charge in [0.25, 0.3) is 11.9 Å². The molecule has 2 aliphatic heterocycles. The van der Waals surface area contributed by atoms with Crippen LogP contribution in [0, 0.1) is 5.92 Å². The van der Waals surface area contributed by atoms with E-state index < -0.39 is 49.3 Å². The molecule has 2 saturated heterocycles. The Labute approximate surface area is 229 Å². The second kappa shape index (κ2) is 10.8. The third kappa shape index (κ3) is 5.02. The van der Waals surface area contributed by atoms with Crippen molar-refractivity contribution in [3.8, 4) is 0 Å². The van der Waals surface area contributed by atoms with E-state index in [1.54, 1.807) is 0 Å². The van der Waals surface area contributed by atoms with Gasteiger partial charge in [-0.05, 0) is 30.7 Å². The summed E-state index contributed by atoms with van der Waals surface area (Å²) in [6, 6.07) is 1.53. The van der Waals surface area contributed by atoms with Crippen molar-refractivity contribution in [2.45, 2.75) is 50.4 Å². The van der Waals surface area contributed by atoms with Crippen LogP contribution >= 0.6 is 6.72 Å². The summed E-state index contributed by atoms with van der Waals surface area (Å²) >= 11 is 5.06. The lowest BCUT2D eigenvalue weighted by Crippen LogP contribution is -2.27. The Balaban J connectivity index is 1.24. The van der Waals surface area contributed by atoms with E-state index in [2.05, 4.69) is 24.9 Å². The van der Waals surface area contributed by atoms with Crippen molar-refractivity contribution in [3.63, 3.8) is 0 Å². The SMILES string of the molecule is Nc1ncnc2c1ncn2[C@@H]1O[C@@H]2COP(O)(=S)O[C@H](F)[C@H](n3cnc4c(=O)[nH]ccc43)OCCCC[C@H]2[C@@H]1F. The monoisotopic (exact) mass is 598 g/mol. The van der Waals surface area contributed by atoms with Gasteiger partial charge >= 0.3 is 6.72 Å². The Morgan fingerprint density at radius 1 is 1.12 bits per heavy atom. The van der Waals surface area contributed by atoms with Crippen molar-refractivity contribution in [3.05, 3.63) is 41.6 Å². The lowest BCUT2D eigenvalue weighted by molar-refractivity contribution is -0.128. The topological polar surface area (TPSA) is 177 Å². The fourth-order valence-corrected chi connectivity index (χ4v) is 6.26. The Kier molecular flexibility index (Phi) is 7.37. The van der Waals surface area contributed by atoms with E-state index in [4.69, 9.17) is 36.1 Å². The first kappa shape index (κ1) is 27.3. The number of ether oxygens (including phenoxy) is 2. The summed E-state index contributed by atoms with van der Waals surface area (Å²) in [5, 5.41) is 0. The van der Waals surface area contributed by atoms with Crippen LogP contribution in [0.25, 0.3) is 22.2 Å². The number of imidazole rings is 2. The number of pyridine rings is 1. The van der Waals surface area contributed by atoms with E-state index in [9.17, 15) is 9.69 Å². The second-order valence-electron chi connectivity index (χ2n) is 9.43. The predicted octanol–water partition coefficient (Wildman–Crippen LogP) is 2.24. The maximum atomic E-state index is 15.9. The zero-order valence-corrected chi connectivity index (χ0v) is 22.5. The van der Waals surface area contributed by atoms with Crippen molar-refractivity contribution < 1.29 is 32.2 Å². The highest BCUT2D eigenvalue weighted by Crippen LogP contribution is 2.49. The van der Waals surface area contributed by atoms with Gasteiger partial charge in [-0.1, -0.05) is 6.42 Å². The first-order valence-electron chi connectivity index (χ1n) is 12.4. The number of anilines is 1. The number of halogens is 2. The first-order chi connectivity index (χ1) is 19.2. The molecule has 40 heavy (non-hydrogen) atoms. The molecule has 2 fully saturated rings. The number of aromatic nitrogens is 7. The van der Waals surface area contributed by atoms with Crippen molar-refractivity contribution in [1.29, 1.82) is 0 Å². The Hall–Kier alpha value is -2.92. The summed E-state index contributed by atoms with van der Waals surface area (Å²) in [7, 11) is 0. The zero-order chi connectivity index (χ0) is 28.0. The van der Waals surface area contributed by atoms with Crippen molar-refractivity contribution in [1.82, 2.24) is 34.1 Å². The normalized spacial score (nSPS) is 32.4. The number of nitrogens with zero attached hydrogens (tertiary/aromatic N) is 6. The summed E-state index contributed by atoms with van der Waals surface area (Å²) in [5.74, 6) is -0.505. The molecule has 0 aromatic carbocycles. The van der Waals surface area contributed by atoms with Gasteiger partial charge in [0.15, 0.2) is 35.6 Å². The molecule has 0 spiro atoms. The molecular weight excluding hydrogens is 573 g/mol. The van der Waals surface area contributed by atoms with Gasteiger partial charge in [0.1, 0.15) is 11.8 Å². The summed E-state index contributed by atoms with van der Waals surface area (Å²) < 4.78 is 56.5. The van der Waals surface area contributed by atoms with E-state index in [1.807, 2.05) is 0 Å². The number of nitrogens with two attached hydrogens (primary N) is 1. The highest BCUT2D eigenvalue weighted by Gasteiger charge is 2.47. The van der Waals surface area contributed by atoms with Gasteiger partial charge in [0.2, 0.25) is 0 Å². The number of fused-ring (bicyclic) bond motifs is 3. The minimum absolute atomic E-state index is 0.0629. The number of aromatic amines is 1. The van der Waals surface area contributed by atoms with Gasteiger partial charge in [-0.3, -0.25) is 18.5 Å². The van der Waals surface area contributed by atoms with Crippen LogP contribution in [0.3, 0.4) is 0 Å². The summed E-state index contributed by atoms with van der Waals surface area (Å²) in [6.07, 6.45) is -0.549. The Morgan fingerprint density at radius 3 is 2.77 bits per heavy atom. The molecule has 0 bridgehead atoms. The molecule has 6 heterocycles. The highest BCUT2D eigenvalue weighted by atomic mass is 32.5. The average Bonchev–Trinajstić information content (AvgIpc) is 3.61. The van der Waals surface area contributed by atoms with Crippen LogP contribution in [-0.2, 0) is 30.3 Å². The quantitative estimate of drug-likeness (QED) is 0.287. The predicted molar refractivity (Wildman–Crippen MR) is 140 cm³/mol. The van der Waals surface area contributed by atoms with Crippen LogP contribution in [0.1, 0.15) is 31.7 Å². The number of hydrogen-bond donors (Lipinski definition) is 3. The van der Waals surface area contributed by atoms with Crippen LogP contribution < -0.4 is 11.3 Å². The smallest absolute Gasteiger partial charge is 0.327 e. The molecule has 0 aliphatic carbocycles. The molecular formula is C22H25F2N8O6PS. The Bertz CT molecular complexity index is 1640. The van der Waals surface area contributed by atoms with Gasteiger partial charge in [-0.2, -0.15) is 0 Å². The molecule has 14 nitrogen and oxygen atoms in total. The molecule has 1 unspecified atom stereocenters. The van der Waals surface area contributed by atoms with Crippen molar-refractivity contribution in [2.24, 2.45) is 5.92 Å². The molecule has 6 rings (SSSR count). The number of nitrogens with one attached hydrogen (secondary N) is 1. The number of nitrogen functional groups attached to an aromatic ring is 1. The molecule has 0 radical (unpaired) electrons. The van der Waals surface area contributed by atoms with Crippen LogP contribution in [0.4, 0.5) is 14.6 Å². The van der Waals surface area contributed by atoms with E-state index in [0.29, 0.717) is 35.9 Å².